The van der Waals surface area contributed by atoms with Gasteiger partial charge in [0.1, 0.15) is 5.82 Å². The highest BCUT2D eigenvalue weighted by molar-refractivity contribution is 5.81. The van der Waals surface area contributed by atoms with Gasteiger partial charge in [0.2, 0.25) is 5.91 Å². The van der Waals surface area contributed by atoms with Crippen molar-refractivity contribution in [2.24, 2.45) is 5.92 Å². The molecule has 28 heavy (non-hydrogen) atoms. The second-order valence-electron chi connectivity index (χ2n) is 8.32. The lowest BCUT2D eigenvalue weighted by Crippen LogP contribution is -2.62. The summed E-state index contributed by atoms with van der Waals surface area (Å²) in [6, 6.07) is 16.0. The predicted octanol–water partition coefficient (Wildman–Crippen LogP) is 3.42. The van der Waals surface area contributed by atoms with Gasteiger partial charge in [-0.2, -0.15) is 0 Å². The first-order valence-corrected chi connectivity index (χ1v) is 10.0. The Bertz CT molecular complexity index is 818. The Morgan fingerprint density at radius 3 is 2.50 bits per heavy atom. The largest absolute Gasteiger partial charge is 0.388 e. The molecule has 2 N–H and O–H groups in total. The van der Waals surface area contributed by atoms with Crippen molar-refractivity contribution >= 4 is 5.91 Å². The Hall–Kier alpha value is -2.24. The molecule has 1 saturated carbocycles. The van der Waals surface area contributed by atoms with Crippen molar-refractivity contribution in [1.29, 1.82) is 0 Å². The van der Waals surface area contributed by atoms with Gasteiger partial charge in [-0.1, -0.05) is 42.5 Å². The molecule has 3 atom stereocenters. The molecule has 2 aromatic carbocycles. The number of carbonyl (C=O) groups excluding carboxylic acids is 1. The molecule has 2 aromatic rings. The van der Waals surface area contributed by atoms with Crippen LogP contribution in [0.2, 0.25) is 0 Å². The van der Waals surface area contributed by atoms with Crippen molar-refractivity contribution in [2.75, 3.05) is 6.54 Å². The molecule has 4 rings (SSSR count). The molecule has 2 fully saturated rings. The van der Waals surface area contributed by atoms with Gasteiger partial charge < -0.3 is 10.4 Å². The number of rotatable bonds is 5. The second-order valence-corrected chi connectivity index (χ2v) is 8.32. The molecule has 3 unspecified atom stereocenters. The third kappa shape index (κ3) is 4.10. The van der Waals surface area contributed by atoms with Crippen LogP contribution in [0.1, 0.15) is 43.4 Å². The second kappa shape index (κ2) is 7.64. The number of halogens is 1. The molecule has 148 valence electrons. The van der Waals surface area contributed by atoms with E-state index in [1.807, 2.05) is 37.3 Å². The minimum absolute atomic E-state index is 0.0369. The Morgan fingerprint density at radius 1 is 1.18 bits per heavy atom. The van der Waals surface area contributed by atoms with Gasteiger partial charge in [-0.15, -0.1) is 0 Å². The lowest BCUT2D eigenvalue weighted by Gasteiger charge is -2.49. The lowest BCUT2D eigenvalue weighted by molar-refractivity contribution is -0.130. The quantitative estimate of drug-likeness (QED) is 0.833. The fraction of sp³-hybridized carbons (Fsp3) is 0.435. The zero-order chi connectivity index (χ0) is 19.7. The van der Waals surface area contributed by atoms with Gasteiger partial charge in [-0.05, 0) is 49.4 Å². The van der Waals surface area contributed by atoms with Crippen molar-refractivity contribution in [3.05, 3.63) is 71.5 Å². The van der Waals surface area contributed by atoms with E-state index in [-0.39, 0.29) is 23.7 Å². The van der Waals surface area contributed by atoms with Gasteiger partial charge in [0.05, 0.1) is 17.7 Å². The first-order chi connectivity index (χ1) is 13.4. The summed E-state index contributed by atoms with van der Waals surface area (Å²) in [4.78, 5) is 14.8. The first-order valence-electron chi connectivity index (χ1n) is 10.0. The molecule has 5 heteroatoms. The van der Waals surface area contributed by atoms with Crippen LogP contribution in [-0.2, 0) is 11.3 Å². The summed E-state index contributed by atoms with van der Waals surface area (Å²) in [5.41, 5.74) is 1.08. The number of carbonyl (C=O) groups is 1. The molecule has 1 saturated heterocycles. The van der Waals surface area contributed by atoms with Crippen LogP contribution < -0.4 is 5.32 Å². The summed E-state index contributed by atoms with van der Waals surface area (Å²) < 4.78 is 13.3. The highest BCUT2D eigenvalue weighted by atomic mass is 19.1. The van der Waals surface area contributed by atoms with Crippen molar-refractivity contribution in [3.8, 4) is 0 Å². The Kier molecular flexibility index (Phi) is 5.21. The molecule has 1 aliphatic heterocycles. The number of benzene rings is 2. The van der Waals surface area contributed by atoms with Crippen molar-refractivity contribution < 1.29 is 14.3 Å². The van der Waals surface area contributed by atoms with E-state index < -0.39 is 11.6 Å². The summed E-state index contributed by atoms with van der Waals surface area (Å²) in [5, 5.41) is 14.3. The summed E-state index contributed by atoms with van der Waals surface area (Å²) in [7, 11) is 0. The van der Waals surface area contributed by atoms with Crippen LogP contribution in [0.25, 0.3) is 0 Å². The van der Waals surface area contributed by atoms with E-state index in [0.29, 0.717) is 19.5 Å². The zero-order valence-electron chi connectivity index (χ0n) is 16.1. The third-order valence-electron chi connectivity index (χ3n) is 5.97. The summed E-state index contributed by atoms with van der Waals surface area (Å²) in [5.74, 6) is -0.131. The summed E-state index contributed by atoms with van der Waals surface area (Å²) >= 11 is 0. The minimum Gasteiger partial charge on any atom is -0.388 e. The number of piperidine rings is 1. The number of amides is 1. The maximum Gasteiger partial charge on any atom is 0.223 e. The average Bonchev–Trinajstić information content (AvgIpc) is 3.52. The van der Waals surface area contributed by atoms with Crippen LogP contribution in [0.5, 0.6) is 0 Å². The van der Waals surface area contributed by atoms with Crippen LogP contribution in [0.3, 0.4) is 0 Å². The topological polar surface area (TPSA) is 52.6 Å². The monoisotopic (exact) mass is 382 g/mol. The van der Waals surface area contributed by atoms with Crippen LogP contribution >= 0.6 is 0 Å². The van der Waals surface area contributed by atoms with Crippen LogP contribution in [0, 0.1) is 11.7 Å². The van der Waals surface area contributed by atoms with Crippen LogP contribution in [-0.4, -0.2) is 34.1 Å². The maximum atomic E-state index is 13.3. The molecule has 1 heterocycles. The SMILES string of the molecule is CC1(O)CCN(Cc2ccc(F)cc2)C(c2ccccc2)C1NC(=O)C1CC1. The normalized spacial score (nSPS) is 28.1. The summed E-state index contributed by atoms with van der Waals surface area (Å²) in [6.07, 6.45) is 2.42. The van der Waals surface area contributed by atoms with Gasteiger partial charge in [0, 0.05) is 19.0 Å². The van der Waals surface area contributed by atoms with Gasteiger partial charge in [0.25, 0.3) is 0 Å². The number of nitrogens with zero attached hydrogens (tertiary/aromatic N) is 1. The fourth-order valence-electron chi connectivity index (χ4n) is 4.12. The van der Waals surface area contributed by atoms with E-state index in [0.717, 1.165) is 24.0 Å². The minimum atomic E-state index is -0.996. The number of hydrogen-bond donors (Lipinski definition) is 2. The van der Waals surface area contributed by atoms with Gasteiger partial charge in [0.15, 0.2) is 0 Å². The molecular formula is C23H27FN2O2. The molecule has 0 radical (unpaired) electrons. The van der Waals surface area contributed by atoms with Crippen LogP contribution in [0.4, 0.5) is 4.39 Å². The molecule has 0 bridgehead atoms. The number of hydrogen-bond acceptors (Lipinski definition) is 3. The van der Waals surface area contributed by atoms with E-state index in [9.17, 15) is 14.3 Å². The molecule has 4 nitrogen and oxygen atoms in total. The molecule has 1 aliphatic carbocycles. The predicted molar refractivity (Wildman–Crippen MR) is 106 cm³/mol. The van der Waals surface area contributed by atoms with Crippen molar-refractivity contribution in [3.63, 3.8) is 0 Å². The summed E-state index contributed by atoms with van der Waals surface area (Å²) in [6.45, 7) is 3.14. The Morgan fingerprint density at radius 2 is 1.86 bits per heavy atom. The molecule has 0 spiro atoms. The van der Waals surface area contributed by atoms with E-state index >= 15 is 0 Å². The molecule has 2 aliphatic rings. The Balaban J connectivity index is 1.66. The van der Waals surface area contributed by atoms with Crippen molar-refractivity contribution in [1.82, 2.24) is 10.2 Å². The van der Waals surface area contributed by atoms with Crippen LogP contribution in [0.15, 0.2) is 54.6 Å². The van der Waals surface area contributed by atoms with Gasteiger partial charge in [-0.25, -0.2) is 4.39 Å². The number of nitrogens with one attached hydrogen (secondary N) is 1. The standard InChI is InChI=1S/C23H27FN2O2/c1-23(28)13-14-26(15-16-7-11-19(24)12-8-16)20(17-5-3-2-4-6-17)21(23)25-22(27)18-9-10-18/h2-8,11-12,18,20-21,28H,9-10,13-15H2,1H3,(H,25,27). The van der Waals surface area contributed by atoms with E-state index in [4.69, 9.17) is 0 Å². The maximum absolute atomic E-state index is 13.3. The van der Waals surface area contributed by atoms with E-state index in [1.54, 1.807) is 12.1 Å². The molecule has 1 amide bonds. The Labute approximate surface area is 165 Å². The molecule has 0 aromatic heterocycles. The number of likely N-dealkylation sites (tertiary alicyclic amines) is 1. The first kappa shape index (κ1) is 19.1. The average molecular weight is 382 g/mol. The lowest BCUT2D eigenvalue weighted by atomic mass is 9.79. The van der Waals surface area contributed by atoms with E-state index in [2.05, 4.69) is 10.2 Å². The van der Waals surface area contributed by atoms with Crippen molar-refractivity contribution in [2.45, 2.75) is 50.4 Å². The zero-order valence-corrected chi connectivity index (χ0v) is 16.1. The number of aliphatic hydroxyl groups is 1. The highest BCUT2D eigenvalue weighted by Crippen LogP contribution is 2.39. The van der Waals surface area contributed by atoms with Gasteiger partial charge >= 0.3 is 0 Å². The van der Waals surface area contributed by atoms with Gasteiger partial charge in [-0.3, -0.25) is 9.69 Å². The molecular weight excluding hydrogens is 355 g/mol. The third-order valence-corrected chi connectivity index (χ3v) is 5.97. The van der Waals surface area contributed by atoms with E-state index in [1.165, 1.54) is 12.1 Å². The highest BCUT2D eigenvalue weighted by Gasteiger charge is 2.47. The fourth-order valence-corrected chi connectivity index (χ4v) is 4.12. The smallest absolute Gasteiger partial charge is 0.223 e.